The highest BCUT2D eigenvalue weighted by molar-refractivity contribution is 5.94. The van der Waals surface area contributed by atoms with E-state index in [-0.39, 0.29) is 36.1 Å². The van der Waals surface area contributed by atoms with Crippen molar-refractivity contribution in [3.63, 3.8) is 0 Å². The molecule has 0 fully saturated rings. The quantitative estimate of drug-likeness (QED) is 0.318. The van der Waals surface area contributed by atoms with Gasteiger partial charge in [0.05, 0.1) is 22.5 Å². The fraction of sp³-hybridized carbons (Fsp3) is 0.233. The molecule has 0 atom stereocenters. The Labute approximate surface area is 239 Å². The number of carboxylic acids is 1. The van der Waals surface area contributed by atoms with Gasteiger partial charge in [-0.05, 0) is 60.6 Å². The third-order valence-electron chi connectivity index (χ3n) is 7.03. The summed E-state index contributed by atoms with van der Waals surface area (Å²) in [5, 5.41) is 16.8. The third kappa shape index (κ3) is 5.61. The summed E-state index contributed by atoms with van der Waals surface area (Å²) in [5.41, 5.74) is 4.42. The molecular weight excluding hydrogens is 550 g/mol. The lowest BCUT2D eigenvalue weighted by molar-refractivity contribution is -0.286. The van der Waals surface area contributed by atoms with E-state index in [9.17, 15) is 18.4 Å². The zero-order valence-corrected chi connectivity index (χ0v) is 22.5. The van der Waals surface area contributed by atoms with E-state index >= 15 is 0 Å². The van der Waals surface area contributed by atoms with Crippen molar-refractivity contribution in [2.45, 2.75) is 32.4 Å². The zero-order valence-electron chi connectivity index (χ0n) is 22.5. The SMILES string of the molecule is CN1CCc2nn(-c3cccc(C(=O)NCc4ccc5c(c4)OC(F)(F)O5)c3)c(OCc3ccc(C(=O)O)cc3)c2C1. The first-order valence-corrected chi connectivity index (χ1v) is 13.2. The van der Waals surface area contributed by atoms with E-state index < -0.39 is 12.3 Å². The molecular formula is C30H26F2N4O6. The first-order valence-electron chi connectivity index (χ1n) is 13.2. The summed E-state index contributed by atoms with van der Waals surface area (Å²) in [7, 11) is 2.02. The second-order valence-corrected chi connectivity index (χ2v) is 10.1. The van der Waals surface area contributed by atoms with Crippen LogP contribution in [-0.2, 0) is 26.1 Å². The smallest absolute Gasteiger partial charge is 0.478 e. The molecule has 216 valence electrons. The van der Waals surface area contributed by atoms with Gasteiger partial charge in [-0.15, -0.1) is 8.78 Å². The molecule has 0 spiro atoms. The topological polar surface area (TPSA) is 115 Å². The van der Waals surface area contributed by atoms with Gasteiger partial charge in [0.2, 0.25) is 5.88 Å². The number of hydrogen-bond donors (Lipinski definition) is 2. The number of nitrogens with one attached hydrogen (secondary N) is 1. The molecule has 1 amide bonds. The molecule has 2 aliphatic rings. The first-order chi connectivity index (χ1) is 20.1. The van der Waals surface area contributed by atoms with Crippen molar-refractivity contribution in [3.05, 3.63) is 100 Å². The van der Waals surface area contributed by atoms with Crippen molar-refractivity contribution in [2.75, 3.05) is 13.6 Å². The molecule has 2 aliphatic heterocycles. The van der Waals surface area contributed by atoms with Crippen molar-refractivity contribution in [1.29, 1.82) is 0 Å². The van der Waals surface area contributed by atoms with Crippen LogP contribution in [-0.4, -0.2) is 51.6 Å². The number of aromatic nitrogens is 2. The van der Waals surface area contributed by atoms with Gasteiger partial charge >= 0.3 is 12.3 Å². The van der Waals surface area contributed by atoms with E-state index in [1.54, 1.807) is 41.1 Å². The van der Waals surface area contributed by atoms with Crippen LogP contribution in [0.4, 0.5) is 8.78 Å². The molecule has 0 aliphatic carbocycles. The summed E-state index contributed by atoms with van der Waals surface area (Å²) in [6, 6.07) is 17.8. The van der Waals surface area contributed by atoms with Crippen molar-refractivity contribution in [3.8, 4) is 23.1 Å². The summed E-state index contributed by atoms with van der Waals surface area (Å²) in [5.74, 6) is -0.966. The number of aromatic carboxylic acids is 1. The van der Waals surface area contributed by atoms with Gasteiger partial charge in [-0.1, -0.05) is 24.3 Å². The number of carboxylic acid groups (broad SMARTS) is 1. The first kappa shape index (κ1) is 27.2. The zero-order chi connectivity index (χ0) is 29.4. The summed E-state index contributed by atoms with van der Waals surface area (Å²) in [6.45, 7) is 1.77. The average Bonchev–Trinajstić information content (AvgIpc) is 3.49. The van der Waals surface area contributed by atoms with E-state index in [2.05, 4.69) is 19.7 Å². The van der Waals surface area contributed by atoms with Gasteiger partial charge in [0.15, 0.2) is 11.5 Å². The molecule has 1 aromatic heterocycles. The molecule has 42 heavy (non-hydrogen) atoms. The maximum atomic E-state index is 13.3. The van der Waals surface area contributed by atoms with Gasteiger partial charge in [-0.3, -0.25) is 4.79 Å². The van der Waals surface area contributed by atoms with E-state index in [0.717, 1.165) is 29.8 Å². The number of ether oxygens (including phenoxy) is 3. The van der Waals surface area contributed by atoms with Gasteiger partial charge in [0.1, 0.15) is 6.61 Å². The number of benzene rings is 3. The van der Waals surface area contributed by atoms with Crippen LogP contribution in [0.1, 0.15) is 43.1 Å². The highest BCUT2D eigenvalue weighted by atomic mass is 19.3. The van der Waals surface area contributed by atoms with E-state index in [1.807, 2.05) is 13.1 Å². The fourth-order valence-electron chi connectivity index (χ4n) is 4.87. The Morgan fingerprint density at radius 1 is 1.02 bits per heavy atom. The van der Waals surface area contributed by atoms with Crippen molar-refractivity contribution in [2.24, 2.45) is 0 Å². The number of fused-ring (bicyclic) bond motifs is 2. The number of amides is 1. The van der Waals surface area contributed by atoms with E-state index in [1.165, 1.54) is 24.3 Å². The maximum Gasteiger partial charge on any atom is 0.586 e. The third-order valence-corrected chi connectivity index (χ3v) is 7.03. The van der Waals surface area contributed by atoms with Crippen LogP contribution < -0.4 is 19.5 Å². The molecule has 0 bridgehead atoms. The Balaban J connectivity index is 1.21. The molecule has 4 aromatic rings. The highest BCUT2D eigenvalue weighted by Gasteiger charge is 2.43. The van der Waals surface area contributed by atoms with Gasteiger partial charge in [0.25, 0.3) is 5.91 Å². The van der Waals surface area contributed by atoms with Crippen molar-refractivity contribution in [1.82, 2.24) is 20.0 Å². The number of carbonyl (C=O) groups is 2. The predicted molar refractivity (Wildman–Crippen MR) is 145 cm³/mol. The van der Waals surface area contributed by atoms with Crippen molar-refractivity contribution < 1.29 is 37.7 Å². The number of likely N-dealkylation sites (N-methyl/N-ethyl adjacent to an activating group) is 1. The van der Waals surface area contributed by atoms with Crippen LogP contribution >= 0.6 is 0 Å². The lowest BCUT2D eigenvalue weighted by atomic mass is 10.1. The number of nitrogens with zero attached hydrogens (tertiary/aromatic N) is 3. The molecule has 6 rings (SSSR count). The number of alkyl halides is 2. The van der Waals surface area contributed by atoms with Gasteiger partial charge in [0, 0.05) is 31.6 Å². The Bertz CT molecular complexity index is 1670. The molecule has 2 N–H and O–H groups in total. The lowest BCUT2D eigenvalue weighted by Crippen LogP contribution is -2.26. The molecule has 12 heteroatoms. The van der Waals surface area contributed by atoms with Crippen molar-refractivity contribution >= 4 is 11.9 Å². The Hall–Kier alpha value is -4.97. The molecule has 0 radical (unpaired) electrons. The monoisotopic (exact) mass is 576 g/mol. The van der Waals surface area contributed by atoms with Gasteiger partial charge < -0.3 is 29.5 Å². The molecule has 10 nitrogen and oxygen atoms in total. The largest absolute Gasteiger partial charge is 0.586 e. The second-order valence-electron chi connectivity index (χ2n) is 10.1. The minimum Gasteiger partial charge on any atom is -0.478 e. The van der Waals surface area contributed by atoms with Crippen LogP contribution in [0, 0.1) is 0 Å². The number of carbonyl (C=O) groups excluding carboxylic acids is 1. The number of hydrogen-bond acceptors (Lipinski definition) is 7. The number of rotatable bonds is 8. The minimum absolute atomic E-state index is 0.0637. The van der Waals surface area contributed by atoms with Crippen LogP contribution in [0.2, 0.25) is 0 Å². The molecule has 0 saturated carbocycles. The molecule has 0 unspecified atom stereocenters. The maximum absolute atomic E-state index is 13.3. The second kappa shape index (κ2) is 10.8. The minimum atomic E-state index is -3.71. The average molecular weight is 577 g/mol. The Morgan fingerprint density at radius 3 is 2.57 bits per heavy atom. The lowest BCUT2D eigenvalue weighted by Gasteiger charge is -2.22. The summed E-state index contributed by atoms with van der Waals surface area (Å²) in [4.78, 5) is 26.4. The Morgan fingerprint density at radius 2 is 1.79 bits per heavy atom. The summed E-state index contributed by atoms with van der Waals surface area (Å²) in [6.07, 6.45) is -2.97. The standard InChI is InChI=1S/C30H26F2N4O6/c1-35-12-11-24-23(16-35)28(40-17-18-5-8-20(9-6-18)29(38)39)36(34-24)22-4-2-3-21(14-22)27(37)33-15-19-7-10-25-26(13-19)42-30(31,32)41-25/h2-10,13-14H,11-12,15-17H2,1H3,(H,33,37)(H,38,39). The number of halogens is 2. The normalized spacial score (nSPS) is 15.2. The molecule has 3 heterocycles. The van der Waals surface area contributed by atoms with Crippen LogP contribution in [0.3, 0.4) is 0 Å². The summed E-state index contributed by atoms with van der Waals surface area (Å²) < 4.78 is 43.5. The fourth-order valence-corrected chi connectivity index (χ4v) is 4.87. The summed E-state index contributed by atoms with van der Waals surface area (Å²) >= 11 is 0. The molecule has 0 saturated heterocycles. The van der Waals surface area contributed by atoms with Crippen LogP contribution in [0.15, 0.2) is 66.7 Å². The van der Waals surface area contributed by atoms with Crippen LogP contribution in [0.25, 0.3) is 5.69 Å². The van der Waals surface area contributed by atoms with E-state index in [0.29, 0.717) is 29.2 Å². The van der Waals surface area contributed by atoms with E-state index in [4.69, 9.17) is 14.9 Å². The van der Waals surface area contributed by atoms with Gasteiger partial charge in [-0.2, -0.15) is 5.10 Å². The highest BCUT2D eigenvalue weighted by Crippen LogP contribution is 2.41. The molecule has 3 aromatic carbocycles. The van der Waals surface area contributed by atoms with Gasteiger partial charge in [-0.25, -0.2) is 9.48 Å². The Kier molecular flexibility index (Phi) is 6.99. The van der Waals surface area contributed by atoms with Crippen LogP contribution in [0.5, 0.6) is 17.4 Å². The predicted octanol–water partition coefficient (Wildman–Crippen LogP) is 4.39.